The predicted molar refractivity (Wildman–Crippen MR) is 92.1 cm³/mol. The third kappa shape index (κ3) is 3.66. The zero-order valence-corrected chi connectivity index (χ0v) is 14.6. The zero-order valence-electron chi connectivity index (χ0n) is 13.0. The minimum Gasteiger partial charge on any atom is -0.496 e. The molecule has 2 aromatic carbocycles. The van der Waals surface area contributed by atoms with Gasteiger partial charge >= 0.3 is 0 Å². The molecule has 0 heterocycles. The third-order valence-electron chi connectivity index (χ3n) is 3.89. The van der Waals surface area contributed by atoms with Crippen molar-refractivity contribution >= 4 is 15.9 Å². The summed E-state index contributed by atoms with van der Waals surface area (Å²) in [5.41, 5.74) is 5.08. The predicted octanol–water partition coefficient (Wildman–Crippen LogP) is 4.58. The van der Waals surface area contributed by atoms with Crippen molar-refractivity contribution < 1.29 is 4.74 Å². The number of rotatable bonds is 5. The molecule has 0 saturated heterocycles. The molecule has 1 atom stereocenters. The fourth-order valence-electron chi connectivity index (χ4n) is 2.66. The summed E-state index contributed by atoms with van der Waals surface area (Å²) < 4.78 is 6.65. The van der Waals surface area contributed by atoms with Crippen LogP contribution in [0.5, 0.6) is 5.75 Å². The van der Waals surface area contributed by atoms with Crippen molar-refractivity contribution in [1.82, 2.24) is 5.32 Å². The number of hydrogen-bond acceptors (Lipinski definition) is 2. The molecule has 0 aromatic heterocycles. The Balaban J connectivity index is 2.35. The lowest BCUT2D eigenvalue weighted by Gasteiger charge is -2.21. The SMILES string of the molecule is CNC(Cc1cc(C)ccc1OC)c1cccc(Br)c1C. The largest absolute Gasteiger partial charge is 0.496 e. The van der Waals surface area contributed by atoms with E-state index in [0.29, 0.717) is 0 Å². The molecule has 1 N–H and O–H groups in total. The van der Waals surface area contributed by atoms with Gasteiger partial charge in [-0.25, -0.2) is 0 Å². The van der Waals surface area contributed by atoms with Gasteiger partial charge in [-0.1, -0.05) is 45.8 Å². The molecule has 0 saturated carbocycles. The monoisotopic (exact) mass is 347 g/mol. The van der Waals surface area contributed by atoms with Crippen LogP contribution >= 0.6 is 15.9 Å². The lowest BCUT2D eigenvalue weighted by molar-refractivity contribution is 0.406. The average molecular weight is 348 g/mol. The van der Waals surface area contributed by atoms with E-state index in [2.05, 4.69) is 65.4 Å². The van der Waals surface area contributed by atoms with E-state index in [1.165, 1.54) is 22.3 Å². The number of benzene rings is 2. The molecular weight excluding hydrogens is 326 g/mol. The minimum atomic E-state index is 0.262. The normalized spacial score (nSPS) is 12.2. The van der Waals surface area contributed by atoms with Crippen LogP contribution in [0.1, 0.15) is 28.3 Å². The Labute approximate surface area is 135 Å². The van der Waals surface area contributed by atoms with Gasteiger partial charge in [-0.05, 0) is 56.1 Å². The molecule has 0 bridgehead atoms. The van der Waals surface area contributed by atoms with Gasteiger partial charge < -0.3 is 10.1 Å². The van der Waals surface area contributed by atoms with Gasteiger partial charge in [0.1, 0.15) is 5.75 Å². The Hall–Kier alpha value is -1.32. The van der Waals surface area contributed by atoms with Crippen molar-refractivity contribution in [3.8, 4) is 5.75 Å². The number of methoxy groups -OCH3 is 1. The van der Waals surface area contributed by atoms with E-state index < -0.39 is 0 Å². The molecule has 1 unspecified atom stereocenters. The van der Waals surface area contributed by atoms with Gasteiger partial charge in [-0.15, -0.1) is 0 Å². The number of nitrogens with one attached hydrogen (secondary N) is 1. The van der Waals surface area contributed by atoms with E-state index >= 15 is 0 Å². The van der Waals surface area contributed by atoms with Crippen molar-refractivity contribution in [2.24, 2.45) is 0 Å². The van der Waals surface area contributed by atoms with Crippen LogP contribution in [0.25, 0.3) is 0 Å². The number of ether oxygens (including phenoxy) is 1. The highest BCUT2D eigenvalue weighted by Gasteiger charge is 2.16. The maximum Gasteiger partial charge on any atom is 0.122 e. The van der Waals surface area contributed by atoms with Gasteiger partial charge in [0.05, 0.1) is 7.11 Å². The van der Waals surface area contributed by atoms with Crippen LogP contribution in [0.15, 0.2) is 40.9 Å². The summed E-state index contributed by atoms with van der Waals surface area (Å²) in [6.45, 7) is 4.26. The van der Waals surface area contributed by atoms with Crippen molar-refractivity contribution in [2.45, 2.75) is 26.3 Å². The van der Waals surface area contributed by atoms with E-state index in [1.807, 2.05) is 13.1 Å². The average Bonchev–Trinajstić information content (AvgIpc) is 2.48. The molecule has 0 amide bonds. The van der Waals surface area contributed by atoms with Gasteiger partial charge in [-0.3, -0.25) is 0 Å². The molecular formula is C18H22BrNO. The van der Waals surface area contributed by atoms with Crippen molar-refractivity contribution in [1.29, 1.82) is 0 Å². The zero-order chi connectivity index (χ0) is 15.4. The quantitative estimate of drug-likeness (QED) is 0.854. The summed E-state index contributed by atoms with van der Waals surface area (Å²) in [6, 6.07) is 13.0. The van der Waals surface area contributed by atoms with Gasteiger partial charge in [0.15, 0.2) is 0 Å². The van der Waals surface area contributed by atoms with Crippen LogP contribution in [0.4, 0.5) is 0 Å². The van der Waals surface area contributed by atoms with E-state index in [1.54, 1.807) is 7.11 Å². The van der Waals surface area contributed by atoms with Crippen LogP contribution in [-0.2, 0) is 6.42 Å². The Morgan fingerprint density at radius 1 is 1.19 bits per heavy atom. The highest BCUT2D eigenvalue weighted by Crippen LogP contribution is 2.29. The molecule has 0 aliphatic heterocycles. The lowest BCUT2D eigenvalue weighted by Crippen LogP contribution is -2.20. The standard InChI is InChI=1S/C18H22BrNO/c1-12-8-9-18(21-4)14(10-12)11-17(20-3)15-6-5-7-16(19)13(15)2/h5-10,17,20H,11H2,1-4H3. The van der Waals surface area contributed by atoms with Gasteiger partial charge in [0, 0.05) is 10.5 Å². The summed E-state index contributed by atoms with van der Waals surface area (Å²) in [5, 5.41) is 3.43. The maximum absolute atomic E-state index is 5.50. The molecule has 2 rings (SSSR count). The highest BCUT2D eigenvalue weighted by molar-refractivity contribution is 9.10. The smallest absolute Gasteiger partial charge is 0.122 e. The van der Waals surface area contributed by atoms with Crippen molar-refractivity contribution in [3.05, 3.63) is 63.1 Å². The fourth-order valence-corrected chi connectivity index (χ4v) is 3.04. The van der Waals surface area contributed by atoms with Gasteiger partial charge in [0.2, 0.25) is 0 Å². The van der Waals surface area contributed by atoms with Crippen LogP contribution in [0.2, 0.25) is 0 Å². The number of halogens is 1. The molecule has 0 radical (unpaired) electrons. The second kappa shape index (κ2) is 7.10. The topological polar surface area (TPSA) is 21.3 Å². The molecule has 112 valence electrons. The van der Waals surface area contributed by atoms with E-state index in [-0.39, 0.29) is 6.04 Å². The van der Waals surface area contributed by atoms with E-state index in [9.17, 15) is 0 Å². The Kier molecular flexibility index (Phi) is 5.43. The summed E-state index contributed by atoms with van der Waals surface area (Å²) >= 11 is 3.62. The summed E-state index contributed by atoms with van der Waals surface area (Å²) in [4.78, 5) is 0. The maximum atomic E-state index is 5.50. The highest BCUT2D eigenvalue weighted by atomic mass is 79.9. The van der Waals surface area contributed by atoms with Gasteiger partial charge in [0.25, 0.3) is 0 Å². The summed E-state index contributed by atoms with van der Waals surface area (Å²) in [7, 11) is 3.74. The first-order valence-electron chi connectivity index (χ1n) is 7.12. The second-order valence-corrected chi connectivity index (χ2v) is 6.17. The van der Waals surface area contributed by atoms with Crippen LogP contribution < -0.4 is 10.1 Å². The number of hydrogen-bond donors (Lipinski definition) is 1. The second-order valence-electron chi connectivity index (χ2n) is 5.31. The summed E-state index contributed by atoms with van der Waals surface area (Å²) in [6.07, 6.45) is 0.901. The minimum absolute atomic E-state index is 0.262. The molecule has 2 aromatic rings. The van der Waals surface area contributed by atoms with Crippen molar-refractivity contribution in [2.75, 3.05) is 14.2 Å². The van der Waals surface area contributed by atoms with Gasteiger partial charge in [-0.2, -0.15) is 0 Å². The molecule has 21 heavy (non-hydrogen) atoms. The number of likely N-dealkylation sites (N-methyl/N-ethyl adjacent to an activating group) is 1. The Morgan fingerprint density at radius 3 is 2.62 bits per heavy atom. The molecule has 0 aliphatic carbocycles. The molecule has 3 heteroatoms. The first-order valence-corrected chi connectivity index (χ1v) is 7.92. The summed E-state index contributed by atoms with van der Waals surface area (Å²) in [5.74, 6) is 0.952. The fraction of sp³-hybridized carbons (Fsp3) is 0.333. The first kappa shape index (κ1) is 16.1. The van der Waals surface area contributed by atoms with Crippen LogP contribution in [0.3, 0.4) is 0 Å². The third-order valence-corrected chi connectivity index (χ3v) is 4.75. The molecule has 0 spiro atoms. The number of aryl methyl sites for hydroxylation is 1. The Morgan fingerprint density at radius 2 is 1.95 bits per heavy atom. The lowest BCUT2D eigenvalue weighted by atomic mass is 9.94. The van der Waals surface area contributed by atoms with E-state index in [4.69, 9.17) is 4.74 Å². The Bertz CT molecular complexity index is 625. The molecule has 0 fully saturated rings. The molecule has 0 aliphatic rings. The molecule has 2 nitrogen and oxygen atoms in total. The first-order chi connectivity index (χ1) is 10.1. The van der Waals surface area contributed by atoms with Crippen LogP contribution in [0, 0.1) is 13.8 Å². The van der Waals surface area contributed by atoms with E-state index in [0.717, 1.165) is 16.6 Å². The van der Waals surface area contributed by atoms with Crippen LogP contribution in [-0.4, -0.2) is 14.2 Å². The van der Waals surface area contributed by atoms with Crippen molar-refractivity contribution in [3.63, 3.8) is 0 Å².